The lowest BCUT2D eigenvalue weighted by atomic mass is 9.88. The number of aliphatic hydroxyl groups excluding tert-OH is 2. The van der Waals surface area contributed by atoms with E-state index in [1.54, 1.807) is 16.8 Å². The summed E-state index contributed by atoms with van der Waals surface area (Å²) in [5.41, 5.74) is -0.862. The first-order valence-corrected chi connectivity index (χ1v) is 9.43. The number of hydrogen-bond acceptors (Lipinski definition) is 7. The molecule has 30 heavy (non-hydrogen) atoms. The highest BCUT2D eigenvalue weighted by Gasteiger charge is 2.55. The summed E-state index contributed by atoms with van der Waals surface area (Å²) in [5, 5.41) is 36.8. The third kappa shape index (κ3) is 3.26. The summed E-state index contributed by atoms with van der Waals surface area (Å²) in [7, 11) is 1.40. The molecular formula is C19H20ClFN4O5. The Balaban J connectivity index is 1.72. The van der Waals surface area contributed by atoms with Crippen LogP contribution in [0.5, 0.6) is 0 Å². The van der Waals surface area contributed by atoms with E-state index in [0.717, 1.165) is 6.07 Å². The fraction of sp³-hybridized carbons (Fsp3) is 0.368. The van der Waals surface area contributed by atoms with Gasteiger partial charge in [-0.1, -0.05) is 22.8 Å². The Kier molecular flexibility index (Phi) is 5.28. The third-order valence-corrected chi connectivity index (χ3v) is 5.61. The number of benzene rings is 1. The molecule has 3 heterocycles. The summed E-state index contributed by atoms with van der Waals surface area (Å²) >= 11 is 5.70. The molecule has 1 fully saturated rings. The summed E-state index contributed by atoms with van der Waals surface area (Å²) in [6.45, 7) is 1.35. The first kappa shape index (κ1) is 20.8. The molecule has 1 saturated heterocycles. The van der Waals surface area contributed by atoms with Gasteiger partial charge in [-0.25, -0.2) is 9.37 Å². The quantitative estimate of drug-likeness (QED) is 0.456. The zero-order chi connectivity index (χ0) is 21.6. The van der Waals surface area contributed by atoms with Crippen LogP contribution in [-0.2, 0) is 9.57 Å². The average molecular weight is 439 g/mol. The van der Waals surface area contributed by atoms with Crippen LogP contribution in [0.3, 0.4) is 0 Å². The molecule has 0 bridgehead atoms. The van der Waals surface area contributed by atoms with E-state index in [1.165, 1.54) is 32.5 Å². The van der Waals surface area contributed by atoms with Crippen LogP contribution in [0.1, 0.15) is 24.8 Å². The molecule has 4 N–H and O–H groups in total. The summed E-state index contributed by atoms with van der Waals surface area (Å²) in [6.07, 6.45) is -2.10. The van der Waals surface area contributed by atoms with E-state index in [9.17, 15) is 19.7 Å². The van der Waals surface area contributed by atoms with E-state index in [1.807, 2.05) is 0 Å². The fourth-order valence-corrected chi connectivity index (χ4v) is 3.80. The number of hydrogen-bond donors (Lipinski definition) is 4. The largest absolute Gasteiger partial charge is 0.397 e. The van der Waals surface area contributed by atoms with Crippen LogP contribution in [0.25, 0.3) is 11.0 Å². The van der Waals surface area contributed by atoms with E-state index in [0.29, 0.717) is 16.5 Å². The van der Waals surface area contributed by atoms with Gasteiger partial charge in [0.2, 0.25) is 5.49 Å². The molecule has 11 heteroatoms. The molecule has 3 aromatic rings. The van der Waals surface area contributed by atoms with Crippen molar-refractivity contribution in [2.75, 3.05) is 7.11 Å². The molecule has 1 unspecified atom stereocenters. The number of aliphatic hydroxyl groups is 3. The zero-order valence-corrected chi connectivity index (χ0v) is 16.8. The Morgan fingerprint density at radius 2 is 2.20 bits per heavy atom. The smallest absolute Gasteiger partial charge is 0.203 e. The molecule has 0 aliphatic carbocycles. The molecule has 4 rings (SSSR count). The van der Waals surface area contributed by atoms with Crippen molar-refractivity contribution >= 4 is 22.6 Å². The average Bonchev–Trinajstić information content (AvgIpc) is 3.24. The Morgan fingerprint density at radius 1 is 1.43 bits per heavy atom. The number of aromatic nitrogens is 3. The Hall–Kier alpha value is -2.50. The second-order valence-corrected chi connectivity index (χ2v) is 7.63. The van der Waals surface area contributed by atoms with Gasteiger partial charge in [0.05, 0.1) is 16.7 Å². The van der Waals surface area contributed by atoms with E-state index >= 15 is 0 Å². The summed E-state index contributed by atoms with van der Waals surface area (Å²) in [5.74, 6) is -0.712. The van der Waals surface area contributed by atoms with Crippen molar-refractivity contribution in [3.8, 4) is 0 Å². The van der Waals surface area contributed by atoms with E-state index in [2.05, 4.69) is 15.1 Å². The van der Waals surface area contributed by atoms with Crippen molar-refractivity contribution < 1.29 is 29.3 Å². The molecule has 0 radical (unpaired) electrons. The maximum Gasteiger partial charge on any atom is 0.203 e. The van der Waals surface area contributed by atoms with Gasteiger partial charge in [-0.05, 0) is 30.7 Å². The van der Waals surface area contributed by atoms with Gasteiger partial charge in [0.15, 0.2) is 6.23 Å². The van der Waals surface area contributed by atoms with Gasteiger partial charge in [-0.3, -0.25) is 0 Å². The zero-order valence-electron chi connectivity index (χ0n) is 16.0. The molecule has 0 saturated carbocycles. The number of nitrogens with zero attached hydrogens (tertiary/aromatic N) is 3. The Morgan fingerprint density at radius 3 is 2.90 bits per heavy atom. The third-order valence-electron chi connectivity index (χ3n) is 5.30. The Bertz CT molecular complexity index is 1150. The number of rotatable bonds is 4. The highest BCUT2D eigenvalue weighted by molar-refractivity contribution is 6.30. The molecule has 5 atom stereocenters. The molecule has 2 aromatic heterocycles. The van der Waals surface area contributed by atoms with Gasteiger partial charge in [0.1, 0.15) is 42.5 Å². The van der Waals surface area contributed by atoms with Crippen LogP contribution < -0.4 is 5.49 Å². The molecule has 1 aromatic carbocycles. The van der Waals surface area contributed by atoms with Gasteiger partial charge < -0.3 is 34.4 Å². The first-order valence-electron chi connectivity index (χ1n) is 9.06. The maximum absolute atomic E-state index is 13.8. The second kappa shape index (κ2) is 7.64. The number of fused-ring (bicyclic) bond motifs is 1. The number of H-pyrrole nitrogens is 1. The molecule has 160 valence electrons. The SMILES string of the molecule is CON=c1nc[nH]c2c1ccn2[C@@H]1O[C@H](C(O)c2ccc(Cl)c(F)c2)[C@@](C)(O)[C@H]1O. The molecule has 1 aliphatic rings. The van der Waals surface area contributed by atoms with Gasteiger partial charge in [-0.15, -0.1) is 0 Å². The van der Waals surface area contributed by atoms with E-state index in [4.69, 9.17) is 21.2 Å². The lowest BCUT2D eigenvalue weighted by Gasteiger charge is -2.29. The minimum Gasteiger partial charge on any atom is -0.397 e. The summed E-state index contributed by atoms with van der Waals surface area (Å²) in [6, 6.07) is 5.49. The standard InChI is InChI=1S/C19H20ClFN4O5/c1-19(28)14(27)18(25-6-5-10-16(24-29-2)22-8-23-17(10)25)30-15(19)13(26)9-3-4-11(20)12(21)7-9/h3-8,13-15,18,26-28H,1-2H3,(H,22,23,24)/t13?,14-,15+,18+,19-/m0/s1. The summed E-state index contributed by atoms with van der Waals surface area (Å²) in [4.78, 5) is 11.8. The van der Waals surface area contributed by atoms with E-state index in [-0.39, 0.29) is 10.6 Å². The molecule has 1 aliphatic heterocycles. The van der Waals surface area contributed by atoms with Crippen LogP contribution in [-0.4, -0.2) is 54.8 Å². The predicted molar refractivity (Wildman–Crippen MR) is 104 cm³/mol. The van der Waals surface area contributed by atoms with Gasteiger partial charge >= 0.3 is 0 Å². The lowest BCUT2D eigenvalue weighted by molar-refractivity contribution is -0.115. The monoisotopic (exact) mass is 438 g/mol. The van der Waals surface area contributed by atoms with Crippen molar-refractivity contribution in [2.45, 2.75) is 37.1 Å². The number of halogens is 2. The molecule has 9 nitrogen and oxygen atoms in total. The van der Waals surface area contributed by atoms with Crippen molar-refractivity contribution in [3.05, 3.63) is 58.7 Å². The fourth-order valence-electron chi connectivity index (χ4n) is 3.68. The van der Waals surface area contributed by atoms with Crippen LogP contribution in [0.2, 0.25) is 5.02 Å². The number of aromatic amines is 1. The second-order valence-electron chi connectivity index (χ2n) is 7.22. The van der Waals surface area contributed by atoms with Gasteiger partial charge in [-0.2, -0.15) is 0 Å². The normalized spacial score (nSPS) is 28.2. The predicted octanol–water partition coefficient (Wildman–Crippen LogP) is 1.36. The maximum atomic E-state index is 13.8. The van der Waals surface area contributed by atoms with Crippen molar-refractivity contribution in [1.82, 2.24) is 14.5 Å². The number of ether oxygens (including phenoxy) is 1. The highest BCUT2D eigenvalue weighted by atomic mass is 35.5. The van der Waals surface area contributed by atoms with Crippen LogP contribution in [0, 0.1) is 5.82 Å². The van der Waals surface area contributed by atoms with Crippen LogP contribution in [0.15, 0.2) is 41.9 Å². The minimum atomic E-state index is -1.84. The van der Waals surface area contributed by atoms with Crippen molar-refractivity contribution in [3.63, 3.8) is 0 Å². The number of nitrogens with one attached hydrogen (secondary N) is 1. The highest BCUT2D eigenvalue weighted by Crippen LogP contribution is 2.43. The first-order chi connectivity index (χ1) is 14.3. The Labute approximate surface area is 175 Å². The lowest BCUT2D eigenvalue weighted by Crippen LogP contribution is -2.47. The molecular weight excluding hydrogens is 419 g/mol. The molecule has 0 spiro atoms. The van der Waals surface area contributed by atoms with Crippen LogP contribution >= 0.6 is 11.6 Å². The minimum absolute atomic E-state index is 0.0943. The van der Waals surface area contributed by atoms with Crippen LogP contribution in [0.4, 0.5) is 4.39 Å². The van der Waals surface area contributed by atoms with Gasteiger partial charge in [0.25, 0.3) is 0 Å². The topological polar surface area (TPSA) is 125 Å². The van der Waals surface area contributed by atoms with Gasteiger partial charge in [0, 0.05) is 6.20 Å². The summed E-state index contributed by atoms with van der Waals surface area (Å²) < 4.78 is 21.3. The van der Waals surface area contributed by atoms with E-state index < -0.39 is 36.0 Å². The van der Waals surface area contributed by atoms with Crippen molar-refractivity contribution in [1.29, 1.82) is 0 Å². The van der Waals surface area contributed by atoms with Crippen molar-refractivity contribution in [2.24, 2.45) is 5.16 Å². The molecule has 0 amide bonds.